The third kappa shape index (κ3) is 7.49. The molecule has 0 aliphatic carbocycles. The Labute approximate surface area is 196 Å². The fourth-order valence-corrected chi connectivity index (χ4v) is 3.53. The number of para-hydroxylation sites is 2. The molecule has 0 spiro atoms. The zero-order valence-electron chi connectivity index (χ0n) is 19.2. The van der Waals surface area contributed by atoms with Crippen LogP contribution in [0, 0.1) is 0 Å². The Kier molecular flexibility index (Phi) is 9.52. The van der Waals surface area contributed by atoms with Gasteiger partial charge in [0, 0.05) is 6.54 Å². The molecule has 0 saturated carbocycles. The Morgan fingerprint density at radius 3 is 2.24 bits per heavy atom. The van der Waals surface area contributed by atoms with Crippen LogP contribution in [-0.2, 0) is 6.42 Å². The second-order valence-electron chi connectivity index (χ2n) is 7.90. The summed E-state index contributed by atoms with van der Waals surface area (Å²) in [4.78, 5) is 25.8. The average Bonchev–Trinajstić information content (AvgIpc) is 2.85. The largest absolute Gasteiger partial charge is 0.493 e. The van der Waals surface area contributed by atoms with E-state index in [2.05, 4.69) is 17.6 Å². The molecular weight excluding hydrogens is 412 g/mol. The number of hydrogen-bond acceptors (Lipinski definition) is 3. The fourth-order valence-electron chi connectivity index (χ4n) is 3.53. The van der Waals surface area contributed by atoms with Crippen molar-refractivity contribution < 1.29 is 14.3 Å². The molecule has 0 saturated heterocycles. The molecule has 0 unspecified atom stereocenters. The van der Waals surface area contributed by atoms with Gasteiger partial charge in [0.05, 0.1) is 23.4 Å². The van der Waals surface area contributed by atoms with Gasteiger partial charge in [0.15, 0.2) is 0 Å². The van der Waals surface area contributed by atoms with E-state index in [9.17, 15) is 9.59 Å². The molecule has 5 nitrogen and oxygen atoms in total. The lowest BCUT2D eigenvalue weighted by molar-refractivity contribution is 0.0955. The van der Waals surface area contributed by atoms with Crippen molar-refractivity contribution in [2.75, 3.05) is 18.5 Å². The van der Waals surface area contributed by atoms with Gasteiger partial charge >= 0.3 is 0 Å². The summed E-state index contributed by atoms with van der Waals surface area (Å²) in [6.45, 7) is 3.26. The topological polar surface area (TPSA) is 67.4 Å². The highest BCUT2D eigenvalue weighted by Gasteiger charge is 2.16. The van der Waals surface area contributed by atoms with Crippen molar-refractivity contribution in [1.82, 2.24) is 5.32 Å². The smallest absolute Gasteiger partial charge is 0.259 e. The maximum atomic E-state index is 13.0. The predicted molar refractivity (Wildman–Crippen MR) is 133 cm³/mol. The van der Waals surface area contributed by atoms with Crippen molar-refractivity contribution in [2.45, 2.75) is 39.0 Å². The number of rotatable bonds is 12. The van der Waals surface area contributed by atoms with Gasteiger partial charge in [0.2, 0.25) is 0 Å². The molecule has 0 fully saturated rings. The summed E-state index contributed by atoms with van der Waals surface area (Å²) in [5.41, 5.74) is 2.51. The van der Waals surface area contributed by atoms with Crippen LogP contribution in [0.25, 0.3) is 0 Å². The van der Waals surface area contributed by atoms with Gasteiger partial charge in [-0.1, -0.05) is 80.8 Å². The van der Waals surface area contributed by atoms with E-state index in [-0.39, 0.29) is 11.8 Å². The minimum Gasteiger partial charge on any atom is -0.493 e. The van der Waals surface area contributed by atoms with Crippen LogP contribution in [0.2, 0.25) is 0 Å². The van der Waals surface area contributed by atoms with Crippen molar-refractivity contribution in [3.8, 4) is 5.75 Å². The van der Waals surface area contributed by atoms with E-state index in [1.54, 1.807) is 42.5 Å². The zero-order valence-corrected chi connectivity index (χ0v) is 19.2. The summed E-state index contributed by atoms with van der Waals surface area (Å²) in [5, 5.41) is 5.83. The Morgan fingerprint density at radius 1 is 0.758 bits per heavy atom. The Balaban J connectivity index is 1.62. The van der Waals surface area contributed by atoms with Crippen LogP contribution in [-0.4, -0.2) is 25.0 Å². The summed E-state index contributed by atoms with van der Waals surface area (Å²) in [5.74, 6) is 0.0299. The van der Waals surface area contributed by atoms with E-state index in [0.29, 0.717) is 35.7 Å². The monoisotopic (exact) mass is 444 g/mol. The summed E-state index contributed by atoms with van der Waals surface area (Å²) < 4.78 is 5.88. The number of benzene rings is 3. The molecule has 5 heteroatoms. The molecule has 3 aromatic carbocycles. The Bertz CT molecular complexity index is 1030. The highest BCUT2D eigenvalue weighted by molar-refractivity contribution is 6.10. The number of anilines is 1. The first kappa shape index (κ1) is 24.1. The SMILES string of the molecule is CCCCCCOc1ccccc1C(=O)Nc1ccccc1C(=O)NCCc1ccccc1. The van der Waals surface area contributed by atoms with Gasteiger partial charge < -0.3 is 15.4 Å². The number of ether oxygens (including phenoxy) is 1. The van der Waals surface area contributed by atoms with Crippen molar-refractivity contribution in [3.05, 3.63) is 95.6 Å². The normalized spacial score (nSPS) is 10.5. The second kappa shape index (κ2) is 13.1. The minimum atomic E-state index is -0.302. The Hall–Kier alpha value is -3.60. The van der Waals surface area contributed by atoms with Gasteiger partial charge in [0.1, 0.15) is 5.75 Å². The maximum absolute atomic E-state index is 13.0. The van der Waals surface area contributed by atoms with E-state index in [1.165, 1.54) is 6.42 Å². The second-order valence-corrected chi connectivity index (χ2v) is 7.90. The molecule has 33 heavy (non-hydrogen) atoms. The number of amides is 2. The molecule has 3 aromatic rings. The van der Waals surface area contributed by atoms with Crippen LogP contribution in [0.15, 0.2) is 78.9 Å². The molecule has 0 bridgehead atoms. The van der Waals surface area contributed by atoms with Gasteiger partial charge in [0.25, 0.3) is 11.8 Å². The first-order chi connectivity index (χ1) is 16.2. The van der Waals surface area contributed by atoms with E-state index in [1.807, 2.05) is 36.4 Å². The quantitative estimate of drug-likeness (QED) is 0.343. The molecule has 2 N–H and O–H groups in total. The predicted octanol–water partition coefficient (Wildman–Crippen LogP) is 5.87. The molecule has 172 valence electrons. The van der Waals surface area contributed by atoms with E-state index < -0.39 is 0 Å². The van der Waals surface area contributed by atoms with Gasteiger partial charge in [-0.3, -0.25) is 9.59 Å². The number of nitrogens with one attached hydrogen (secondary N) is 2. The van der Waals surface area contributed by atoms with E-state index >= 15 is 0 Å². The first-order valence-electron chi connectivity index (χ1n) is 11.6. The Morgan fingerprint density at radius 2 is 1.45 bits per heavy atom. The van der Waals surface area contributed by atoms with Crippen molar-refractivity contribution >= 4 is 17.5 Å². The molecule has 0 atom stereocenters. The van der Waals surface area contributed by atoms with Crippen molar-refractivity contribution in [2.24, 2.45) is 0 Å². The first-order valence-corrected chi connectivity index (χ1v) is 11.6. The molecule has 0 aromatic heterocycles. The highest BCUT2D eigenvalue weighted by atomic mass is 16.5. The molecule has 2 amide bonds. The van der Waals surface area contributed by atoms with Gasteiger partial charge in [-0.2, -0.15) is 0 Å². The van der Waals surface area contributed by atoms with Crippen molar-refractivity contribution in [3.63, 3.8) is 0 Å². The molecule has 0 heterocycles. The lowest BCUT2D eigenvalue weighted by atomic mass is 10.1. The average molecular weight is 445 g/mol. The van der Waals surface area contributed by atoms with E-state index in [4.69, 9.17) is 4.74 Å². The van der Waals surface area contributed by atoms with Crippen molar-refractivity contribution in [1.29, 1.82) is 0 Å². The number of hydrogen-bond donors (Lipinski definition) is 2. The van der Waals surface area contributed by atoms with Gasteiger partial charge in [-0.25, -0.2) is 0 Å². The van der Waals surface area contributed by atoms with Crippen LogP contribution in [0.3, 0.4) is 0 Å². The summed E-state index contributed by atoms with van der Waals surface area (Å²) in [6, 6.07) is 24.2. The van der Waals surface area contributed by atoms with Crippen LogP contribution in [0.1, 0.15) is 58.9 Å². The lowest BCUT2D eigenvalue weighted by Gasteiger charge is -2.14. The van der Waals surface area contributed by atoms with Crippen LogP contribution < -0.4 is 15.4 Å². The molecule has 0 radical (unpaired) electrons. The summed E-state index contributed by atoms with van der Waals surface area (Å²) in [6.07, 6.45) is 5.14. The molecule has 0 aliphatic heterocycles. The maximum Gasteiger partial charge on any atom is 0.259 e. The molecule has 3 rings (SSSR count). The number of unbranched alkanes of at least 4 members (excludes halogenated alkanes) is 3. The molecule has 0 aliphatic rings. The fraction of sp³-hybridized carbons (Fsp3) is 0.286. The minimum absolute atomic E-state index is 0.220. The lowest BCUT2D eigenvalue weighted by Crippen LogP contribution is -2.27. The third-order valence-electron chi connectivity index (χ3n) is 5.35. The number of carbonyl (C=O) groups excluding carboxylic acids is 2. The van der Waals surface area contributed by atoms with Gasteiger partial charge in [-0.15, -0.1) is 0 Å². The van der Waals surface area contributed by atoms with Crippen LogP contribution in [0.5, 0.6) is 5.75 Å². The standard InChI is InChI=1S/C28H32N2O3/c1-2-3-4-12-21-33-26-18-11-9-16-24(26)28(32)30-25-17-10-8-15-23(25)27(31)29-20-19-22-13-6-5-7-14-22/h5-11,13-18H,2-4,12,19-21H2,1H3,(H,29,31)(H,30,32). The van der Waals surface area contributed by atoms with Gasteiger partial charge in [-0.05, 0) is 42.7 Å². The number of carbonyl (C=O) groups is 2. The molecular formula is C28H32N2O3. The van der Waals surface area contributed by atoms with Crippen LogP contribution in [0.4, 0.5) is 5.69 Å². The van der Waals surface area contributed by atoms with Crippen LogP contribution >= 0.6 is 0 Å². The highest BCUT2D eigenvalue weighted by Crippen LogP contribution is 2.22. The van der Waals surface area contributed by atoms with E-state index in [0.717, 1.165) is 31.2 Å². The summed E-state index contributed by atoms with van der Waals surface area (Å²) >= 11 is 0. The summed E-state index contributed by atoms with van der Waals surface area (Å²) in [7, 11) is 0. The third-order valence-corrected chi connectivity index (χ3v) is 5.35. The zero-order chi connectivity index (χ0) is 23.3.